The Morgan fingerprint density at radius 1 is 1.18 bits per heavy atom. The molecule has 2 aromatic carbocycles. The highest BCUT2D eigenvalue weighted by Gasteiger charge is 2.43. The summed E-state index contributed by atoms with van der Waals surface area (Å²) >= 11 is 12.5. The minimum Gasteiger partial charge on any atom is -0.491 e. The first-order valence-corrected chi connectivity index (χ1v) is 10.3. The largest absolute Gasteiger partial charge is 0.491 e. The molecule has 0 radical (unpaired) electrons. The number of hydrogen-bond donors (Lipinski definition) is 1. The fraction of sp³-hybridized carbons (Fsp3) is 0.409. The van der Waals surface area contributed by atoms with Gasteiger partial charge in [-0.25, -0.2) is 0 Å². The molecular weight excluding hydrogens is 397 g/mol. The van der Waals surface area contributed by atoms with E-state index in [1.54, 1.807) is 12.1 Å². The quantitative estimate of drug-likeness (QED) is 0.635. The molecule has 1 atom stereocenters. The van der Waals surface area contributed by atoms with E-state index < -0.39 is 5.41 Å². The number of hydrogen-bond acceptors (Lipinski definition) is 3. The molecule has 0 saturated carbocycles. The van der Waals surface area contributed by atoms with Crippen LogP contribution < -0.4 is 10.1 Å². The number of anilines is 1. The second-order valence-corrected chi connectivity index (χ2v) is 7.98. The molecule has 0 aromatic heterocycles. The van der Waals surface area contributed by atoms with E-state index in [-0.39, 0.29) is 12.0 Å². The van der Waals surface area contributed by atoms with Gasteiger partial charge in [-0.05, 0) is 68.1 Å². The fourth-order valence-corrected chi connectivity index (χ4v) is 3.99. The molecule has 150 valence electrons. The van der Waals surface area contributed by atoms with Gasteiger partial charge in [0.1, 0.15) is 5.75 Å². The molecule has 1 saturated heterocycles. The fourth-order valence-electron chi connectivity index (χ4n) is 3.40. The predicted octanol–water partition coefficient (Wildman–Crippen LogP) is 5.86. The summed E-state index contributed by atoms with van der Waals surface area (Å²) in [4.78, 5) is 13.3. The average molecular weight is 422 g/mol. The highest BCUT2D eigenvalue weighted by atomic mass is 35.5. The van der Waals surface area contributed by atoms with E-state index in [1.165, 1.54) is 0 Å². The summed E-state index contributed by atoms with van der Waals surface area (Å²) in [6, 6.07) is 12.7. The maximum atomic E-state index is 13.3. The second kappa shape index (κ2) is 9.17. The van der Waals surface area contributed by atoms with Crippen molar-refractivity contribution in [2.45, 2.75) is 44.6 Å². The molecule has 1 heterocycles. The third-order valence-electron chi connectivity index (χ3n) is 5.25. The van der Waals surface area contributed by atoms with E-state index in [4.69, 9.17) is 32.7 Å². The zero-order chi connectivity index (χ0) is 20.1. The summed E-state index contributed by atoms with van der Waals surface area (Å²) in [5, 5.41) is 4.10. The Morgan fingerprint density at radius 2 is 1.86 bits per heavy atom. The van der Waals surface area contributed by atoms with Crippen molar-refractivity contribution in [2.75, 3.05) is 18.5 Å². The summed E-state index contributed by atoms with van der Waals surface area (Å²) in [6.07, 6.45) is 2.22. The van der Waals surface area contributed by atoms with Crippen molar-refractivity contribution in [3.05, 3.63) is 58.1 Å². The number of amides is 1. The van der Waals surface area contributed by atoms with Crippen LogP contribution in [0.3, 0.4) is 0 Å². The van der Waals surface area contributed by atoms with Crippen molar-refractivity contribution in [3.63, 3.8) is 0 Å². The van der Waals surface area contributed by atoms with Gasteiger partial charge in [0.2, 0.25) is 5.91 Å². The van der Waals surface area contributed by atoms with Crippen molar-refractivity contribution in [1.82, 2.24) is 0 Å². The average Bonchev–Trinajstić information content (AvgIpc) is 2.69. The van der Waals surface area contributed by atoms with E-state index in [2.05, 4.69) is 12.2 Å². The van der Waals surface area contributed by atoms with Crippen LogP contribution in [0.25, 0.3) is 0 Å². The lowest BCUT2D eigenvalue weighted by atomic mass is 9.73. The summed E-state index contributed by atoms with van der Waals surface area (Å²) in [7, 11) is 0. The topological polar surface area (TPSA) is 47.6 Å². The number of rotatable bonds is 6. The van der Waals surface area contributed by atoms with Crippen LogP contribution in [0.5, 0.6) is 5.75 Å². The first kappa shape index (κ1) is 21.0. The molecule has 2 aromatic rings. The maximum Gasteiger partial charge on any atom is 0.235 e. The van der Waals surface area contributed by atoms with Crippen LogP contribution in [0.1, 0.15) is 38.7 Å². The van der Waals surface area contributed by atoms with E-state index >= 15 is 0 Å². The van der Waals surface area contributed by atoms with E-state index in [1.807, 2.05) is 37.3 Å². The lowest BCUT2D eigenvalue weighted by Crippen LogP contribution is -2.45. The Kier molecular flexibility index (Phi) is 6.86. The van der Waals surface area contributed by atoms with Crippen LogP contribution in [-0.4, -0.2) is 25.2 Å². The van der Waals surface area contributed by atoms with Crippen molar-refractivity contribution < 1.29 is 14.3 Å². The number of halogens is 2. The lowest BCUT2D eigenvalue weighted by molar-refractivity contribution is -0.125. The smallest absolute Gasteiger partial charge is 0.235 e. The predicted molar refractivity (Wildman–Crippen MR) is 114 cm³/mol. The zero-order valence-corrected chi connectivity index (χ0v) is 17.6. The molecule has 6 heteroatoms. The van der Waals surface area contributed by atoms with Gasteiger partial charge in [0.05, 0.1) is 11.5 Å². The van der Waals surface area contributed by atoms with Gasteiger partial charge in [-0.15, -0.1) is 0 Å². The van der Waals surface area contributed by atoms with Crippen LogP contribution in [0.15, 0.2) is 42.5 Å². The molecule has 1 amide bonds. The molecule has 4 nitrogen and oxygen atoms in total. The van der Waals surface area contributed by atoms with Gasteiger partial charge in [0, 0.05) is 28.9 Å². The molecule has 1 unspecified atom stereocenters. The summed E-state index contributed by atoms with van der Waals surface area (Å²) in [5.74, 6) is 0.699. The minimum absolute atomic E-state index is 0.0874. The van der Waals surface area contributed by atoms with Crippen molar-refractivity contribution >= 4 is 34.8 Å². The molecule has 28 heavy (non-hydrogen) atoms. The Balaban J connectivity index is 1.82. The Bertz CT molecular complexity index is 817. The van der Waals surface area contributed by atoms with Gasteiger partial charge in [0.15, 0.2) is 0 Å². The van der Waals surface area contributed by atoms with Gasteiger partial charge in [-0.3, -0.25) is 4.79 Å². The van der Waals surface area contributed by atoms with Crippen LogP contribution in [-0.2, 0) is 14.9 Å². The Morgan fingerprint density at radius 3 is 2.46 bits per heavy atom. The molecule has 3 rings (SSSR count). The minimum atomic E-state index is -0.744. The van der Waals surface area contributed by atoms with E-state index in [9.17, 15) is 4.79 Å². The Labute approximate surface area is 176 Å². The number of carbonyl (C=O) groups is 1. The summed E-state index contributed by atoms with van der Waals surface area (Å²) in [6.45, 7) is 5.12. The third-order valence-corrected chi connectivity index (χ3v) is 5.80. The third kappa shape index (κ3) is 4.62. The van der Waals surface area contributed by atoms with E-state index in [0.717, 1.165) is 23.4 Å². The van der Waals surface area contributed by atoms with Crippen LogP contribution in [0.4, 0.5) is 5.69 Å². The highest BCUT2D eigenvalue weighted by Crippen LogP contribution is 2.40. The zero-order valence-electron chi connectivity index (χ0n) is 16.1. The van der Waals surface area contributed by atoms with Crippen LogP contribution in [0.2, 0.25) is 10.0 Å². The van der Waals surface area contributed by atoms with Crippen molar-refractivity contribution in [3.8, 4) is 5.75 Å². The SMILES string of the molecule is CCC(C)Oc1ccc(NC(=O)C2(c3ccc(Cl)cc3Cl)CCOCC2)cc1. The number of ether oxygens (including phenoxy) is 2. The molecule has 1 aliphatic heterocycles. The number of carbonyl (C=O) groups excluding carboxylic acids is 1. The van der Waals surface area contributed by atoms with Crippen LogP contribution >= 0.6 is 23.2 Å². The molecule has 1 fully saturated rings. The number of benzene rings is 2. The standard InChI is InChI=1S/C22H25Cl2NO3/c1-3-15(2)28-18-7-5-17(6-8-18)25-21(26)22(10-12-27-13-11-22)19-9-4-16(23)14-20(19)24/h4-9,14-15H,3,10-13H2,1-2H3,(H,25,26). The monoisotopic (exact) mass is 421 g/mol. The van der Waals surface area contributed by atoms with Gasteiger partial charge in [-0.1, -0.05) is 36.2 Å². The highest BCUT2D eigenvalue weighted by molar-refractivity contribution is 6.35. The van der Waals surface area contributed by atoms with Gasteiger partial charge in [0.25, 0.3) is 0 Å². The molecule has 0 spiro atoms. The molecule has 0 aliphatic carbocycles. The van der Waals surface area contributed by atoms with Gasteiger partial charge in [-0.2, -0.15) is 0 Å². The van der Waals surface area contributed by atoms with Crippen LogP contribution in [0, 0.1) is 0 Å². The lowest BCUT2D eigenvalue weighted by Gasteiger charge is -2.36. The Hall–Kier alpha value is -1.75. The molecule has 1 N–H and O–H groups in total. The van der Waals surface area contributed by atoms with Gasteiger partial charge < -0.3 is 14.8 Å². The second-order valence-electron chi connectivity index (χ2n) is 7.13. The maximum absolute atomic E-state index is 13.3. The number of nitrogens with one attached hydrogen (secondary N) is 1. The normalized spacial score (nSPS) is 17.0. The van der Waals surface area contributed by atoms with Crippen molar-refractivity contribution in [1.29, 1.82) is 0 Å². The molecule has 1 aliphatic rings. The van der Waals surface area contributed by atoms with Crippen molar-refractivity contribution in [2.24, 2.45) is 0 Å². The first-order chi connectivity index (χ1) is 13.4. The van der Waals surface area contributed by atoms with E-state index in [0.29, 0.717) is 36.1 Å². The molecular formula is C22H25Cl2NO3. The van der Waals surface area contributed by atoms with Gasteiger partial charge >= 0.3 is 0 Å². The molecule has 0 bridgehead atoms. The first-order valence-electron chi connectivity index (χ1n) is 9.56. The summed E-state index contributed by atoms with van der Waals surface area (Å²) < 4.78 is 11.3. The summed E-state index contributed by atoms with van der Waals surface area (Å²) in [5.41, 5.74) is 0.764.